The number of ether oxygens (including phenoxy) is 3. The minimum Gasteiger partial charge on any atom is -0.454 e. The maximum atomic E-state index is 10.3. The molecule has 2 N–H and O–H groups in total. The molecule has 1 saturated heterocycles. The van der Waals surface area contributed by atoms with Crippen molar-refractivity contribution in [2.24, 2.45) is 0 Å². The summed E-state index contributed by atoms with van der Waals surface area (Å²) >= 11 is 0. The maximum Gasteiger partial charge on any atom is 0.231 e. The summed E-state index contributed by atoms with van der Waals surface area (Å²) in [5, 5.41) is 13.7. The summed E-state index contributed by atoms with van der Waals surface area (Å²) in [6.07, 6.45) is -0.554. The molecule has 2 aliphatic rings. The second kappa shape index (κ2) is 7.28. The van der Waals surface area contributed by atoms with Crippen molar-refractivity contribution in [1.29, 1.82) is 0 Å². The molecule has 6 nitrogen and oxygen atoms in total. The molecule has 22 heavy (non-hydrogen) atoms. The van der Waals surface area contributed by atoms with Crippen LogP contribution in [-0.4, -0.2) is 62.2 Å². The fraction of sp³-hybridized carbons (Fsp3) is 0.625. The highest BCUT2D eigenvalue weighted by Crippen LogP contribution is 2.34. The van der Waals surface area contributed by atoms with E-state index in [1.807, 2.05) is 18.2 Å². The van der Waals surface area contributed by atoms with Crippen molar-refractivity contribution in [3.8, 4) is 11.5 Å². The van der Waals surface area contributed by atoms with Gasteiger partial charge < -0.3 is 24.6 Å². The predicted octanol–water partition coefficient (Wildman–Crippen LogP) is 0.759. The number of morpholine rings is 1. The van der Waals surface area contributed by atoms with Gasteiger partial charge in [0.25, 0.3) is 0 Å². The largest absolute Gasteiger partial charge is 0.454 e. The molecule has 2 atom stereocenters. The molecule has 0 radical (unpaired) electrons. The summed E-state index contributed by atoms with van der Waals surface area (Å²) in [4.78, 5) is 2.38. The van der Waals surface area contributed by atoms with Gasteiger partial charge in [0.1, 0.15) is 0 Å². The van der Waals surface area contributed by atoms with Gasteiger partial charge >= 0.3 is 0 Å². The Balaban J connectivity index is 1.46. The Kier molecular flexibility index (Phi) is 5.15. The number of hydrogen-bond donors (Lipinski definition) is 2. The zero-order valence-electron chi connectivity index (χ0n) is 13.0. The van der Waals surface area contributed by atoms with Crippen LogP contribution in [0.2, 0.25) is 0 Å². The molecule has 1 aromatic rings. The molecule has 0 aliphatic carbocycles. The zero-order valence-corrected chi connectivity index (χ0v) is 13.0. The molecule has 2 aliphatic heterocycles. The monoisotopic (exact) mass is 308 g/mol. The molecule has 1 fully saturated rings. The fourth-order valence-electron chi connectivity index (χ4n) is 2.79. The number of rotatable bonds is 6. The van der Waals surface area contributed by atoms with Gasteiger partial charge in [-0.3, -0.25) is 4.90 Å². The van der Waals surface area contributed by atoms with Crippen LogP contribution in [0.1, 0.15) is 18.6 Å². The first kappa shape index (κ1) is 15.6. The SMILES string of the molecule is C[C@@H](CN1CCOCC1)NC[C@@H](O)c1ccc2c(c1)OCO2. The quantitative estimate of drug-likeness (QED) is 0.809. The number of aliphatic hydroxyl groups is 1. The van der Waals surface area contributed by atoms with E-state index in [4.69, 9.17) is 14.2 Å². The van der Waals surface area contributed by atoms with Gasteiger partial charge in [-0.15, -0.1) is 0 Å². The van der Waals surface area contributed by atoms with Crippen molar-refractivity contribution >= 4 is 0 Å². The molecule has 0 spiro atoms. The highest BCUT2D eigenvalue weighted by atomic mass is 16.7. The van der Waals surface area contributed by atoms with Gasteiger partial charge in [0.05, 0.1) is 19.3 Å². The van der Waals surface area contributed by atoms with Crippen LogP contribution in [0.15, 0.2) is 18.2 Å². The topological polar surface area (TPSA) is 63.2 Å². The van der Waals surface area contributed by atoms with Crippen LogP contribution in [0.4, 0.5) is 0 Å². The molecular formula is C16H24N2O4. The Morgan fingerprint density at radius 2 is 2.00 bits per heavy atom. The minimum atomic E-state index is -0.554. The molecule has 0 saturated carbocycles. The van der Waals surface area contributed by atoms with Crippen molar-refractivity contribution in [2.45, 2.75) is 19.1 Å². The van der Waals surface area contributed by atoms with E-state index in [9.17, 15) is 5.11 Å². The zero-order chi connectivity index (χ0) is 15.4. The minimum absolute atomic E-state index is 0.254. The predicted molar refractivity (Wildman–Crippen MR) is 82.2 cm³/mol. The number of nitrogens with one attached hydrogen (secondary N) is 1. The summed E-state index contributed by atoms with van der Waals surface area (Å²) in [5.74, 6) is 1.45. The van der Waals surface area contributed by atoms with E-state index in [1.54, 1.807) is 0 Å². The summed E-state index contributed by atoms with van der Waals surface area (Å²) in [6, 6.07) is 5.90. The van der Waals surface area contributed by atoms with Gasteiger partial charge in [0.2, 0.25) is 6.79 Å². The molecule has 6 heteroatoms. The Morgan fingerprint density at radius 1 is 1.23 bits per heavy atom. The Bertz CT molecular complexity index is 491. The molecule has 2 heterocycles. The van der Waals surface area contributed by atoms with E-state index < -0.39 is 6.10 Å². The first-order valence-electron chi connectivity index (χ1n) is 7.83. The number of fused-ring (bicyclic) bond motifs is 1. The molecule has 0 bridgehead atoms. The molecule has 122 valence electrons. The summed E-state index contributed by atoms with van der Waals surface area (Å²) in [6.45, 7) is 7.47. The smallest absolute Gasteiger partial charge is 0.231 e. The maximum absolute atomic E-state index is 10.3. The highest BCUT2D eigenvalue weighted by Gasteiger charge is 2.18. The van der Waals surface area contributed by atoms with Crippen molar-refractivity contribution in [3.63, 3.8) is 0 Å². The number of benzene rings is 1. The van der Waals surface area contributed by atoms with E-state index in [1.165, 1.54) is 0 Å². The molecule has 1 aromatic carbocycles. The summed E-state index contributed by atoms with van der Waals surface area (Å²) in [7, 11) is 0. The lowest BCUT2D eigenvalue weighted by Gasteiger charge is -2.29. The van der Waals surface area contributed by atoms with Crippen molar-refractivity contribution in [1.82, 2.24) is 10.2 Å². The summed E-state index contributed by atoms with van der Waals surface area (Å²) in [5.41, 5.74) is 0.843. The second-order valence-electron chi connectivity index (χ2n) is 5.85. The van der Waals surface area contributed by atoms with Crippen LogP contribution in [-0.2, 0) is 4.74 Å². The Morgan fingerprint density at radius 3 is 2.82 bits per heavy atom. The number of nitrogens with zero attached hydrogens (tertiary/aromatic N) is 1. The van der Waals surface area contributed by atoms with Crippen LogP contribution in [0, 0.1) is 0 Å². The molecule has 0 unspecified atom stereocenters. The Labute approximate surface area is 131 Å². The second-order valence-corrected chi connectivity index (χ2v) is 5.85. The summed E-state index contributed by atoms with van der Waals surface area (Å²) < 4.78 is 16.0. The average molecular weight is 308 g/mol. The Hall–Kier alpha value is -1.34. The first-order chi connectivity index (χ1) is 10.7. The van der Waals surface area contributed by atoms with Crippen molar-refractivity contribution in [3.05, 3.63) is 23.8 Å². The van der Waals surface area contributed by atoms with Gasteiger partial charge in [-0.25, -0.2) is 0 Å². The van der Waals surface area contributed by atoms with Crippen LogP contribution in [0.25, 0.3) is 0 Å². The first-order valence-corrected chi connectivity index (χ1v) is 7.83. The van der Waals surface area contributed by atoms with Crippen LogP contribution < -0.4 is 14.8 Å². The van der Waals surface area contributed by atoms with E-state index in [0.717, 1.165) is 44.2 Å². The normalized spacial score (nSPS) is 20.8. The lowest BCUT2D eigenvalue weighted by molar-refractivity contribution is 0.0336. The highest BCUT2D eigenvalue weighted by molar-refractivity contribution is 5.45. The average Bonchev–Trinajstić information content (AvgIpc) is 3.01. The standard InChI is InChI=1S/C16H24N2O4/c1-12(10-18-4-6-20-7-5-18)17-9-14(19)13-2-3-15-16(8-13)22-11-21-15/h2-3,8,12,14,17,19H,4-7,9-11H2,1H3/t12-,14+/m0/s1. The van der Waals surface area contributed by atoms with Gasteiger partial charge in [-0.1, -0.05) is 6.07 Å². The van der Waals surface area contributed by atoms with Crippen molar-refractivity contribution < 1.29 is 19.3 Å². The fourth-order valence-corrected chi connectivity index (χ4v) is 2.79. The van der Waals surface area contributed by atoms with Crippen molar-refractivity contribution in [2.75, 3.05) is 46.2 Å². The third-order valence-corrected chi connectivity index (χ3v) is 4.08. The van der Waals surface area contributed by atoms with Gasteiger partial charge in [-0.2, -0.15) is 0 Å². The number of hydrogen-bond acceptors (Lipinski definition) is 6. The van der Waals surface area contributed by atoms with Gasteiger partial charge in [0, 0.05) is 32.2 Å². The van der Waals surface area contributed by atoms with E-state index in [2.05, 4.69) is 17.1 Å². The molecular weight excluding hydrogens is 284 g/mol. The van der Waals surface area contributed by atoms with Crippen LogP contribution in [0.5, 0.6) is 11.5 Å². The number of aliphatic hydroxyl groups excluding tert-OH is 1. The van der Waals surface area contributed by atoms with E-state index in [0.29, 0.717) is 18.3 Å². The van der Waals surface area contributed by atoms with Crippen LogP contribution >= 0.6 is 0 Å². The van der Waals surface area contributed by atoms with Gasteiger partial charge in [0.15, 0.2) is 11.5 Å². The van der Waals surface area contributed by atoms with E-state index in [-0.39, 0.29) is 6.79 Å². The lowest BCUT2D eigenvalue weighted by atomic mass is 10.1. The lowest BCUT2D eigenvalue weighted by Crippen LogP contribution is -2.45. The molecule has 0 aromatic heterocycles. The third kappa shape index (κ3) is 3.89. The van der Waals surface area contributed by atoms with Crippen LogP contribution in [0.3, 0.4) is 0 Å². The molecule has 0 amide bonds. The van der Waals surface area contributed by atoms with Gasteiger partial charge in [-0.05, 0) is 24.6 Å². The third-order valence-electron chi connectivity index (χ3n) is 4.08. The molecule has 3 rings (SSSR count). The van der Waals surface area contributed by atoms with E-state index >= 15 is 0 Å².